The summed E-state index contributed by atoms with van der Waals surface area (Å²) in [5.41, 5.74) is 2.13. The van der Waals surface area contributed by atoms with Gasteiger partial charge in [0.2, 0.25) is 11.8 Å². The van der Waals surface area contributed by atoms with Gasteiger partial charge >= 0.3 is 0 Å². The lowest BCUT2D eigenvalue weighted by Gasteiger charge is -2.34. The number of aryl methyl sites for hydroxylation is 1. The average Bonchev–Trinajstić information content (AvgIpc) is 3.02. The van der Waals surface area contributed by atoms with E-state index >= 15 is 0 Å². The maximum Gasteiger partial charge on any atom is 0.264 e. The molecule has 0 heterocycles. The zero-order valence-corrected chi connectivity index (χ0v) is 27.2. The summed E-state index contributed by atoms with van der Waals surface area (Å²) in [6.07, 6.45) is 6.02. The smallest absolute Gasteiger partial charge is 0.264 e. The van der Waals surface area contributed by atoms with Gasteiger partial charge in [-0.2, -0.15) is 0 Å². The Bertz CT molecular complexity index is 1510. The zero-order chi connectivity index (χ0) is 31.7. The van der Waals surface area contributed by atoms with Crippen LogP contribution >= 0.6 is 11.6 Å². The molecule has 2 amide bonds. The number of benzene rings is 3. The van der Waals surface area contributed by atoms with Crippen molar-refractivity contribution in [1.82, 2.24) is 10.2 Å². The van der Waals surface area contributed by atoms with E-state index in [1.807, 2.05) is 44.2 Å². The van der Waals surface area contributed by atoms with Gasteiger partial charge in [0.05, 0.1) is 22.7 Å². The molecule has 1 fully saturated rings. The van der Waals surface area contributed by atoms with Gasteiger partial charge in [-0.05, 0) is 68.5 Å². The number of sulfonamides is 1. The number of nitrogens with zero attached hydrogens (tertiary/aromatic N) is 2. The van der Waals surface area contributed by atoms with E-state index in [2.05, 4.69) is 5.32 Å². The number of anilines is 1. The van der Waals surface area contributed by atoms with Crippen LogP contribution < -0.4 is 14.4 Å². The number of nitrogens with one attached hydrogen (secondary N) is 1. The molecular weight excluding hydrogens is 598 g/mol. The summed E-state index contributed by atoms with van der Waals surface area (Å²) in [5.74, 6) is -0.306. The van der Waals surface area contributed by atoms with Crippen molar-refractivity contribution in [3.63, 3.8) is 0 Å². The summed E-state index contributed by atoms with van der Waals surface area (Å²) in [6, 6.07) is 20.1. The highest BCUT2D eigenvalue weighted by Crippen LogP contribution is 2.32. The van der Waals surface area contributed by atoms with Gasteiger partial charge in [-0.3, -0.25) is 13.9 Å². The number of methoxy groups -OCH3 is 1. The first kappa shape index (κ1) is 33.3. The molecule has 0 unspecified atom stereocenters. The first-order valence-corrected chi connectivity index (χ1v) is 17.0. The van der Waals surface area contributed by atoms with Gasteiger partial charge in [0.15, 0.2) is 0 Å². The van der Waals surface area contributed by atoms with E-state index in [9.17, 15) is 18.0 Å². The zero-order valence-electron chi connectivity index (χ0n) is 25.7. The quantitative estimate of drug-likeness (QED) is 0.242. The minimum absolute atomic E-state index is 0.0424. The van der Waals surface area contributed by atoms with Crippen molar-refractivity contribution in [2.75, 3.05) is 24.5 Å². The van der Waals surface area contributed by atoms with E-state index in [-0.39, 0.29) is 34.1 Å². The lowest BCUT2D eigenvalue weighted by atomic mass is 9.95. The van der Waals surface area contributed by atoms with Crippen LogP contribution in [-0.4, -0.2) is 57.4 Å². The van der Waals surface area contributed by atoms with Crippen LogP contribution in [0.2, 0.25) is 5.02 Å². The predicted molar refractivity (Wildman–Crippen MR) is 175 cm³/mol. The maximum absolute atomic E-state index is 14.3. The number of rotatable bonds is 13. The van der Waals surface area contributed by atoms with E-state index < -0.39 is 28.5 Å². The highest BCUT2D eigenvalue weighted by atomic mass is 35.5. The predicted octanol–water partition coefficient (Wildman–Crippen LogP) is 6.15. The monoisotopic (exact) mass is 639 g/mol. The Labute approximate surface area is 266 Å². The van der Waals surface area contributed by atoms with Crippen LogP contribution in [0.5, 0.6) is 5.75 Å². The second kappa shape index (κ2) is 15.4. The van der Waals surface area contributed by atoms with E-state index in [1.54, 1.807) is 24.3 Å². The lowest BCUT2D eigenvalue weighted by Crippen LogP contribution is -2.54. The fraction of sp³-hybridized carbons (Fsp3) is 0.412. The van der Waals surface area contributed by atoms with Crippen LogP contribution in [0.1, 0.15) is 56.6 Å². The van der Waals surface area contributed by atoms with Gasteiger partial charge in [0.25, 0.3) is 10.0 Å². The Morgan fingerprint density at radius 1 is 1.00 bits per heavy atom. The Morgan fingerprint density at radius 2 is 1.68 bits per heavy atom. The molecule has 0 aromatic heterocycles. The normalized spacial score (nSPS) is 14.5. The number of amides is 2. The first-order valence-electron chi connectivity index (χ1n) is 15.2. The minimum atomic E-state index is -4.19. The van der Waals surface area contributed by atoms with Crippen LogP contribution in [0.3, 0.4) is 0 Å². The van der Waals surface area contributed by atoms with Crippen molar-refractivity contribution < 1.29 is 22.7 Å². The minimum Gasteiger partial charge on any atom is -0.495 e. The molecule has 3 aromatic rings. The second-order valence-corrected chi connectivity index (χ2v) is 13.5. The third-order valence-electron chi connectivity index (χ3n) is 8.13. The number of carbonyl (C=O) groups excluding carboxylic acids is 2. The molecule has 236 valence electrons. The lowest BCUT2D eigenvalue weighted by molar-refractivity contribution is -0.140. The van der Waals surface area contributed by atoms with Crippen molar-refractivity contribution >= 4 is 39.1 Å². The fourth-order valence-corrected chi connectivity index (χ4v) is 7.27. The molecule has 1 atom stereocenters. The van der Waals surface area contributed by atoms with Gasteiger partial charge in [0.1, 0.15) is 18.3 Å². The molecule has 4 rings (SSSR count). The van der Waals surface area contributed by atoms with E-state index in [4.69, 9.17) is 16.3 Å². The highest BCUT2D eigenvalue weighted by Gasteiger charge is 2.34. The summed E-state index contributed by atoms with van der Waals surface area (Å²) < 4.78 is 34.5. The standard InChI is InChI=1S/C34H42ClN3O5S/c1-4-31(34(40)36-27-13-9-6-10-14-27)37(22-21-26-11-7-5-8-12-26)33(39)24-38(28-17-20-32(43-3)30(35)23-28)44(41,42)29-18-15-25(2)16-19-29/h5,7-8,11-12,15-20,23,27,31H,4,6,9-10,13-14,21-22,24H2,1-3H3,(H,36,40)/t31-/m1/s1. The molecule has 0 radical (unpaired) electrons. The molecule has 0 saturated heterocycles. The molecule has 0 bridgehead atoms. The molecule has 10 heteroatoms. The number of hydrogen-bond acceptors (Lipinski definition) is 5. The van der Waals surface area contributed by atoms with E-state index in [0.29, 0.717) is 18.6 Å². The van der Waals surface area contributed by atoms with Crippen LogP contribution in [0.25, 0.3) is 0 Å². The summed E-state index contributed by atoms with van der Waals surface area (Å²) in [4.78, 5) is 29.5. The van der Waals surface area contributed by atoms with Crippen LogP contribution in [0, 0.1) is 6.92 Å². The molecule has 1 saturated carbocycles. The molecule has 8 nitrogen and oxygen atoms in total. The molecule has 1 aliphatic rings. The Hall–Kier alpha value is -3.56. The van der Waals surface area contributed by atoms with E-state index in [1.165, 1.54) is 30.2 Å². The highest BCUT2D eigenvalue weighted by molar-refractivity contribution is 7.92. The molecule has 44 heavy (non-hydrogen) atoms. The number of halogens is 1. The van der Waals surface area contributed by atoms with Crippen molar-refractivity contribution in [1.29, 1.82) is 0 Å². The molecule has 0 aliphatic heterocycles. The number of ether oxygens (including phenoxy) is 1. The molecule has 0 spiro atoms. The molecule has 1 N–H and O–H groups in total. The second-order valence-electron chi connectivity index (χ2n) is 11.2. The molecular formula is C34H42ClN3O5S. The Kier molecular flexibility index (Phi) is 11.7. The summed E-state index contributed by atoms with van der Waals surface area (Å²) in [7, 11) is -2.72. The summed E-state index contributed by atoms with van der Waals surface area (Å²) in [6.45, 7) is 3.48. The van der Waals surface area contributed by atoms with Gasteiger partial charge in [-0.15, -0.1) is 0 Å². The van der Waals surface area contributed by atoms with Gasteiger partial charge in [0, 0.05) is 12.6 Å². The van der Waals surface area contributed by atoms with Gasteiger partial charge < -0.3 is 15.0 Å². The third-order valence-corrected chi connectivity index (χ3v) is 10.2. The Morgan fingerprint density at radius 3 is 2.30 bits per heavy atom. The van der Waals surface area contributed by atoms with Crippen LogP contribution in [0.4, 0.5) is 5.69 Å². The van der Waals surface area contributed by atoms with Crippen molar-refractivity contribution in [3.8, 4) is 5.75 Å². The largest absolute Gasteiger partial charge is 0.495 e. The van der Waals surface area contributed by atoms with Crippen molar-refractivity contribution in [2.45, 2.75) is 75.8 Å². The van der Waals surface area contributed by atoms with Crippen molar-refractivity contribution in [2.24, 2.45) is 0 Å². The number of hydrogen-bond donors (Lipinski definition) is 1. The number of carbonyl (C=O) groups is 2. The van der Waals surface area contributed by atoms with Gasteiger partial charge in [-0.25, -0.2) is 8.42 Å². The third kappa shape index (κ3) is 8.33. The Balaban J connectivity index is 1.69. The SMILES string of the molecule is CC[C@H](C(=O)NC1CCCCC1)N(CCc1ccccc1)C(=O)CN(c1ccc(OC)c(Cl)c1)S(=O)(=O)c1ccc(C)cc1. The summed E-state index contributed by atoms with van der Waals surface area (Å²) >= 11 is 6.42. The average molecular weight is 640 g/mol. The van der Waals surface area contributed by atoms with Gasteiger partial charge in [-0.1, -0.05) is 85.8 Å². The topological polar surface area (TPSA) is 96.0 Å². The summed E-state index contributed by atoms with van der Waals surface area (Å²) in [5, 5.41) is 3.38. The fourth-order valence-electron chi connectivity index (χ4n) is 5.62. The molecule has 1 aliphatic carbocycles. The molecule has 3 aromatic carbocycles. The first-order chi connectivity index (χ1) is 21.1. The van der Waals surface area contributed by atoms with Crippen LogP contribution in [-0.2, 0) is 26.0 Å². The maximum atomic E-state index is 14.3. The van der Waals surface area contributed by atoms with Crippen molar-refractivity contribution in [3.05, 3.63) is 88.9 Å². The van der Waals surface area contributed by atoms with E-state index in [0.717, 1.165) is 47.5 Å². The van der Waals surface area contributed by atoms with Crippen LogP contribution in [0.15, 0.2) is 77.7 Å².